The second-order valence-corrected chi connectivity index (χ2v) is 9.97. The van der Waals surface area contributed by atoms with Gasteiger partial charge in [0, 0.05) is 30.9 Å². The van der Waals surface area contributed by atoms with Gasteiger partial charge in [-0.1, -0.05) is 30.5 Å². The second-order valence-electron chi connectivity index (χ2n) is 8.04. The van der Waals surface area contributed by atoms with Crippen molar-refractivity contribution in [3.8, 4) is 0 Å². The second kappa shape index (κ2) is 8.28. The molecular weight excluding hydrogens is 384 g/mol. The van der Waals surface area contributed by atoms with E-state index in [0.29, 0.717) is 30.1 Å². The van der Waals surface area contributed by atoms with E-state index in [4.69, 9.17) is 0 Å². The Labute approximate surface area is 173 Å². The maximum Gasteiger partial charge on any atom is 0.258 e. The number of carbonyl (C=O) groups is 1. The Morgan fingerprint density at radius 2 is 1.55 bits per heavy atom. The molecule has 0 radical (unpaired) electrons. The van der Waals surface area contributed by atoms with Crippen LogP contribution in [0, 0.1) is 6.92 Å². The first-order valence-corrected chi connectivity index (χ1v) is 11.9. The fourth-order valence-corrected chi connectivity index (χ4v) is 5.80. The molecule has 5 nitrogen and oxygen atoms in total. The van der Waals surface area contributed by atoms with E-state index < -0.39 is 10.0 Å². The molecule has 6 heteroatoms. The number of anilines is 1. The molecule has 0 N–H and O–H groups in total. The lowest BCUT2D eigenvalue weighted by Gasteiger charge is -2.30. The molecule has 1 amide bonds. The van der Waals surface area contributed by atoms with Crippen molar-refractivity contribution in [2.45, 2.75) is 50.3 Å². The van der Waals surface area contributed by atoms with E-state index in [1.54, 1.807) is 21.3 Å². The van der Waals surface area contributed by atoms with Gasteiger partial charge >= 0.3 is 0 Å². The number of rotatable bonds is 3. The Bertz CT molecular complexity index is 991. The maximum absolute atomic E-state index is 13.1. The lowest BCUT2D eigenvalue weighted by molar-refractivity contribution is 0.0985. The van der Waals surface area contributed by atoms with Crippen LogP contribution in [0.5, 0.6) is 0 Å². The van der Waals surface area contributed by atoms with Crippen molar-refractivity contribution in [2.24, 2.45) is 0 Å². The van der Waals surface area contributed by atoms with Crippen LogP contribution in [0.3, 0.4) is 0 Å². The lowest BCUT2D eigenvalue weighted by Crippen LogP contribution is -2.36. The Morgan fingerprint density at radius 3 is 2.24 bits per heavy atom. The van der Waals surface area contributed by atoms with Gasteiger partial charge in [-0.25, -0.2) is 8.42 Å². The molecule has 0 aromatic heterocycles. The average Bonchev–Trinajstić information content (AvgIpc) is 3.03. The first kappa shape index (κ1) is 20.1. The SMILES string of the molecule is Cc1ccc(C(=O)N2CCCc3cc(S(=O)(=O)N4CCCCCC4)ccc32)cc1. The van der Waals surface area contributed by atoms with Crippen molar-refractivity contribution in [1.29, 1.82) is 0 Å². The molecule has 0 atom stereocenters. The molecular formula is C23H28N2O3S. The van der Waals surface area contributed by atoms with Gasteiger partial charge in [0.25, 0.3) is 5.91 Å². The highest BCUT2D eigenvalue weighted by atomic mass is 32.2. The predicted octanol–water partition coefficient (Wildman–Crippen LogP) is 4.15. The van der Waals surface area contributed by atoms with Crippen LogP contribution >= 0.6 is 0 Å². The van der Waals surface area contributed by atoms with Crippen LogP contribution in [0.2, 0.25) is 0 Å². The zero-order valence-corrected chi connectivity index (χ0v) is 17.7. The number of aryl methyl sites for hydroxylation is 2. The minimum Gasteiger partial charge on any atom is -0.308 e. The van der Waals surface area contributed by atoms with Gasteiger partial charge in [0.1, 0.15) is 0 Å². The van der Waals surface area contributed by atoms with Crippen LogP contribution in [0.4, 0.5) is 5.69 Å². The number of hydrogen-bond donors (Lipinski definition) is 0. The van der Waals surface area contributed by atoms with Crippen LogP contribution in [-0.4, -0.2) is 38.3 Å². The van der Waals surface area contributed by atoms with E-state index in [1.165, 1.54) is 0 Å². The summed E-state index contributed by atoms with van der Waals surface area (Å²) in [5, 5.41) is 0. The first-order valence-electron chi connectivity index (χ1n) is 10.5. The molecule has 0 spiro atoms. The molecule has 0 bridgehead atoms. The Morgan fingerprint density at radius 1 is 0.862 bits per heavy atom. The molecule has 0 aliphatic carbocycles. The summed E-state index contributed by atoms with van der Waals surface area (Å²) in [6, 6.07) is 12.8. The molecule has 2 aliphatic heterocycles. The quantitative estimate of drug-likeness (QED) is 0.761. The molecule has 154 valence electrons. The van der Waals surface area contributed by atoms with E-state index in [9.17, 15) is 13.2 Å². The smallest absolute Gasteiger partial charge is 0.258 e. The first-order chi connectivity index (χ1) is 14.0. The molecule has 0 saturated carbocycles. The van der Waals surface area contributed by atoms with Gasteiger partial charge in [-0.2, -0.15) is 4.31 Å². The van der Waals surface area contributed by atoms with E-state index in [2.05, 4.69) is 0 Å². The summed E-state index contributed by atoms with van der Waals surface area (Å²) in [4.78, 5) is 15.2. The number of benzene rings is 2. The highest BCUT2D eigenvalue weighted by molar-refractivity contribution is 7.89. The number of carbonyl (C=O) groups excluding carboxylic acids is 1. The monoisotopic (exact) mass is 412 g/mol. The molecule has 4 rings (SSSR count). The van der Waals surface area contributed by atoms with Gasteiger partial charge in [0.15, 0.2) is 0 Å². The highest BCUT2D eigenvalue weighted by Gasteiger charge is 2.29. The zero-order valence-electron chi connectivity index (χ0n) is 16.9. The number of nitrogens with zero attached hydrogens (tertiary/aromatic N) is 2. The minimum absolute atomic E-state index is 0.0333. The van der Waals surface area contributed by atoms with Crippen molar-refractivity contribution in [1.82, 2.24) is 4.31 Å². The Balaban J connectivity index is 1.63. The van der Waals surface area contributed by atoms with Gasteiger partial charge in [-0.3, -0.25) is 4.79 Å². The summed E-state index contributed by atoms with van der Waals surface area (Å²) >= 11 is 0. The van der Waals surface area contributed by atoms with Gasteiger partial charge < -0.3 is 4.90 Å². The van der Waals surface area contributed by atoms with Gasteiger partial charge in [-0.05, 0) is 68.5 Å². The summed E-state index contributed by atoms with van der Waals surface area (Å²) in [5.41, 5.74) is 3.54. The molecule has 1 fully saturated rings. The Kier molecular flexibility index (Phi) is 5.74. The van der Waals surface area contributed by atoms with Gasteiger partial charge in [0.05, 0.1) is 4.90 Å². The lowest BCUT2D eigenvalue weighted by atomic mass is 10.0. The normalized spacial score (nSPS) is 18.2. The predicted molar refractivity (Wildman–Crippen MR) is 115 cm³/mol. The summed E-state index contributed by atoms with van der Waals surface area (Å²) in [6.07, 6.45) is 5.64. The fourth-order valence-electron chi connectivity index (χ4n) is 4.23. The molecule has 2 heterocycles. The highest BCUT2D eigenvalue weighted by Crippen LogP contribution is 2.32. The number of sulfonamides is 1. The fraction of sp³-hybridized carbons (Fsp3) is 0.435. The molecule has 29 heavy (non-hydrogen) atoms. The Hall–Kier alpha value is -2.18. The summed E-state index contributed by atoms with van der Waals surface area (Å²) in [7, 11) is -3.48. The van der Waals surface area contributed by atoms with Crippen molar-refractivity contribution < 1.29 is 13.2 Å². The van der Waals surface area contributed by atoms with Crippen molar-refractivity contribution in [3.05, 3.63) is 59.2 Å². The summed E-state index contributed by atoms with van der Waals surface area (Å²) < 4.78 is 27.9. The molecule has 2 aromatic carbocycles. The minimum atomic E-state index is -3.48. The number of hydrogen-bond acceptors (Lipinski definition) is 3. The van der Waals surface area contributed by atoms with Gasteiger partial charge in [-0.15, -0.1) is 0 Å². The molecule has 2 aliphatic rings. The van der Waals surface area contributed by atoms with Crippen molar-refractivity contribution in [2.75, 3.05) is 24.5 Å². The third-order valence-corrected chi connectivity index (χ3v) is 7.81. The van der Waals surface area contributed by atoms with Crippen LogP contribution < -0.4 is 4.90 Å². The number of amides is 1. The van der Waals surface area contributed by atoms with Crippen LogP contribution in [0.25, 0.3) is 0 Å². The van der Waals surface area contributed by atoms with E-state index >= 15 is 0 Å². The average molecular weight is 413 g/mol. The van der Waals surface area contributed by atoms with E-state index in [0.717, 1.165) is 55.3 Å². The summed E-state index contributed by atoms with van der Waals surface area (Å²) in [5.74, 6) is -0.0333. The van der Waals surface area contributed by atoms with Crippen LogP contribution in [0.1, 0.15) is 53.6 Å². The number of fused-ring (bicyclic) bond motifs is 1. The third-order valence-electron chi connectivity index (χ3n) is 5.92. The summed E-state index contributed by atoms with van der Waals surface area (Å²) in [6.45, 7) is 3.84. The van der Waals surface area contributed by atoms with Crippen LogP contribution in [-0.2, 0) is 16.4 Å². The standard InChI is InChI=1S/C23H28N2O3S/c1-18-8-10-19(11-9-18)23(26)25-16-6-7-20-17-21(12-13-22(20)25)29(27,28)24-14-4-2-3-5-15-24/h8-13,17H,2-7,14-16H2,1H3. The van der Waals surface area contributed by atoms with Crippen molar-refractivity contribution in [3.63, 3.8) is 0 Å². The molecule has 0 unspecified atom stereocenters. The molecule has 1 saturated heterocycles. The topological polar surface area (TPSA) is 57.7 Å². The molecule has 2 aromatic rings. The maximum atomic E-state index is 13.1. The third kappa shape index (κ3) is 4.09. The van der Waals surface area contributed by atoms with E-state index in [-0.39, 0.29) is 5.91 Å². The van der Waals surface area contributed by atoms with Crippen LogP contribution in [0.15, 0.2) is 47.4 Å². The van der Waals surface area contributed by atoms with E-state index in [1.807, 2.05) is 37.3 Å². The zero-order chi connectivity index (χ0) is 20.4. The van der Waals surface area contributed by atoms with Crippen molar-refractivity contribution >= 4 is 21.6 Å². The largest absolute Gasteiger partial charge is 0.308 e. The van der Waals surface area contributed by atoms with Gasteiger partial charge in [0.2, 0.25) is 10.0 Å².